The van der Waals surface area contributed by atoms with E-state index in [9.17, 15) is 0 Å². The van der Waals surface area contributed by atoms with Crippen LogP contribution < -0.4 is 19.5 Å². The standard InChI is InChI=1S/C14H18N2O3/c1-8-6-9-10(16-14(8)15-2)7-11(17-3)13(19-5)12(9)18-4/h6-7H,1-5H3,(H,15,16). The number of rotatable bonds is 4. The Morgan fingerprint density at radius 2 is 1.68 bits per heavy atom. The number of pyridine rings is 1. The summed E-state index contributed by atoms with van der Waals surface area (Å²) in [6.45, 7) is 1.99. The van der Waals surface area contributed by atoms with Crippen molar-refractivity contribution < 1.29 is 14.2 Å². The summed E-state index contributed by atoms with van der Waals surface area (Å²) in [4.78, 5) is 4.56. The summed E-state index contributed by atoms with van der Waals surface area (Å²) in [5.41, 5.74) is 1.84. The summed E-state index contributed by atoms with van der Waals surface area (Å²) in [5.74, 6) is 2.65. The van der Waals surface area contributed by atoms with Crippen molar-refractivity contribution in [3.63, 3.8) is 0 Å². The minimum absolute atomic E-state index is 0.580. The molecule has 1 N–H and O–H groups in total. The van der Waals surface area contributed by atoms with E-state index in [-0.39, 0.29) is 0 Å². The molecule has 0 aliphatic carbocycles. The van der Waals surface area contributed by atoms with Crippen molar-refractivity contribution in [2.75, 3.05) is 33.7 Å². The molecule has 2 aromatic rings. The molecule has 19 heavy (non-hydrogen) atoms. The van der Waals surface area contributed by atoms with Crippen molar-refractivity contribution in [2.24, 2.45) is 0 Å². The average Bonchev–Trinajstić information content (AvgIpc) is 2.44. The van der Waals surface area contributed by atoms with Crippen LogP contribution in [0.4, 0.5) is 5.82 Å². The first-order valence-electron chi connectivity index (χ1n) is 5.94. The van der Waals surface area contributed by atoms with E-state index in [0.717, 1.165) is 22.3 Å². The summed E-state index contributed by atoms with van der Waals surface area (Å²) in [6, 6.07) is 3.87. The van der Waals surface area contributed by atoms with Crippen molar-refractivity contribution in [1.82, 2.24) is 4.98 Å². The number of fused-ring (bicyclic) bond motifs is 1. The third-order valence-corrected chi connectivity index (χ3v) is 3.05. The smallest absolute Gasteiger partial charge is 0.204 e. The van der Waals surface area contributed by atoms with Crippen LogP contribution in [0.15, 0.2) is 12.1 Å². The molecule has 1 aromatic carbocycles. The number of benzene rings is 1. The van der Waals surface area contributed by atoms with Gasteiger partial charge >= 0.3 is 0 Å². The maximum Gasteiger partial charge on any atom is 0.204 e. The summed E-state index contributed by atoms with van der Waals surface area (Å²) in [5, 5.41) is 3.97. The number of methoxy groups -OCH3 is 3. The average molecular weight is 262 g/mol. The molecule has 0 amide bonds. The number of aryl methyl sites for hydroxylation is 1. The SMILES string of the molecule is CNc1nc2cc(OC)c(OC)c(OC)c2cc1C. The van der Waals surface area contributed by atoms with E-state index < -0.39 is 0 Å². The van der Waals surface area contributed by atoms with Crippen molar-refractivity contribution in [3.8, 4) is 17.2 Å². The number of nitrogens with one attached hydrogen (secondary N) is 1. The number of hydrogen-bond donors (Lipinski definition) is 1. The van der Waals surface area contributed by atoms with Crippen LogP contribution in [0.2, 0.25) is 0 Å². The lowest BCUT2D eigenvalue weighted by atomic mass is 10.1. The van der Waals surface area contributed by atoms with E-state index in [1.54, 1.807) is 21.3 Å². The molecule has 0 aliphatic rings. The Hall–Kier alpha value is -2.17. The van der Waals surface area contributed by atoms with Gasteiger partial charge in [-0.2, -0.15) is 0 Å². The molecule has 0 bridgehead atoms. The maximum atomic E-state index is 5.46. The molecule has 1 heterocycles. The van der Waals surface area contributed by atoms with Crippen LogP contribution in [-0.2, 0) is 0 Å². The Morgan fingerprint density at radius 3 is 2.21 bits per heavy atom. The molecule has 2 rings (SSSR count). The fourth-order valence-corrected chi connectivity index (χ4v) is 2.14. The second-order valence-corrected chi connectivity index (χ2v) is 4.12. The van der Waals surface area contributed by atoms with Crippen LogP contribution >= 0.6 is 0 Å². The zero-order chi connectivity index (χ0) is 14.0. The highest BCUT2D eigenvalue weighted by molar-refractivity contribution is 5.92. The van der Waals surface area contributed by atoms with E-state index in [1.807, 2.05) is 26.1 Å². The van der Waals surface area contributed by atoms with Gasteiger partial charge in [0.05, 0.1) is 26.8 Å². The lowest BCUT2D eigenvalue weighted by Crippen LogP contribution is -2.00. The monoisotopic (exact) mass is 262 g/mol. The second-order valence-electron chi connectivity index (χ2n) is 4.12. The number of aromatic nitrogens is 1. The molecule has 0 fully saturated rings. The van der Waals surface area contributed by atoms with E-state index in [2.05, 4.69) is 10.3 Å². The van der Waals surface area contributed by atoms with E-state index in [1.165, 1.54) is 0 Å². The zero-order valence-electron chi connectivity index (χ0n) is 11.8. The molecule has 0 spiro atoms. The summed E-state index contributed by atoms with van der Waals surface area (Å²) in [6.07, 6.45) is 0. The maximum absolute atomic E-state index is 5.46. The molecule has 102 valence electrons. The Bertz CT molecular complexity index is 611. The van der Waals surface area contributed by atoms with Gasteiger partial charge in [0.15, 0.2) is 11.5 Å². The fraction of sp³-hybridized carbons (Fsp3) is 0.357. The lowest BCUT2D eigenvalue weighted by molar-refractivity contribution is 0.327. The number of hydrogen-bond acceptors (Lipinski definition) is 5. The van der Waals surface area contributed by atoms with Crippen LogP contribution in [0.5, 0.6) is 17.2 Å². The fourth-order valence-electron chi connectivity index (χ4n) is 2.14. The summed E-state index contributed by atoms with van der Waals surface area (Å²) >= 11 is 0. The van der Waals surface area contributed by atoms with Gasteiger partial charge in [0.25, 0.3) is 0 Å². The van der Waals surface area contributed by atoms with Crippen LogP contribution in [0.1, 0.15) is 5.56 Å². The molecular weight excluding hydrogens is 244 g/mol. The van der Waals surface area contributed by atoms with Gasteiger partial charge in [-0.3, -0.25) is 0 Å². The van der Waals surface area contributed by atoms with Gasteiger partial charge in [-0.05, 0) is 18.6 Å². The highest BCUT2D eigenvalue weighted by Crippen LogP contribution is 2.43. The third kappa shape index (κ3) is 2.12. The van der Waals surface area contributed by atoms with Crippen LogP contribution in [0.25, 0.3) is 10.9 Å². The number of anilines is 1. The predicted molar refractivity (Wildman–Crippen MR) is 75.7 cm³/mol. The summed E-state index contributed by atoms with van der Waals surface area (Å²) < 4.78 is 16.1. The van der Waals surface area contributed by atoms with Gasteiger partial charge in [-0.25, -0.2) is 4.98 Å². The molecule has 5 nitrogen and oxygen atoms in total. The van der Waals surface area contributed by atoms with E-state index in [4.69, 9.17) is 14.2 Å². The number of ether oxygens (including phenoxy) is 3. The molecule has 0 atom stereocenters. The predicted octanol–water partition coefficient (Wildman–Crippen LogP) is 2.61. The molecule has 5 heteroatoms. The largest absolute Gasteiger partial charge is 0.493 e. The Balaban J connectivity index is 2.84. The highest BCUT2D eigenvalue weighted by Gasteiger charge is 2.17. The zero-order valence-corrected chi connectivity index (χ0v) is 11.8. The highest BCUT2D eigenvalue weighted by atomic mass is 16.5. The number of nitrogens with zero attached hydrogens (tertiary/aromatic N) is 1. The van der Waals surface area contributed by atoms with Gasteiger partial charge in [0.1, 0.15) is 5.82 Å². The van der Waals surface area contributed by atoms with E-state index >= 15 is 0 Å². The van der Waals surface area contributed by atoms with Crippen molar-refractivity contribution in [2.45, 2.75) is 6.92 Å². The minimum Gasteiger partial charge on any atom is -0.493 e. The molecule has 0 saturated heterocycles. The first kappa shape index (κ1) is 13.3. The van der Waals surface area contributed by atoms with Gasteiger partial charge in [-0.1, -0.05) is 0 Å². The van der Waals surface area contributed by atoms with Crippen LogP contribution in [0, 0.1) is 6.92 Å². The molecule has 0 aliphatic heterocycles. The normalized spacial score (nSPS) is 10.4. The minimum atomic E-state index is 0.580. The molecular formula is C14H18N2O3. The lowest BCUT2D eigenvalue weighted by Gasteiger charge is -2.15. The first-order chi connectivity index (χ1) is 9.15. The molecule has 1 aromatic heterocycles. The quantitative estimate of drug-likeness (QED) is 0.918. The summed E-state index contributed by atoms with van der Waals surface area (Å²) in [7, 11) is 6.64. The first-order valence-corrected chi connectivity index (χ1v) is 5.94. The van der Waals surface area contributed by atoms with Crippen molar-refractivity contribution in [3.05, 3.63) is 17.7 Å². The Labute approximate surface area is 112 Å². The van der Waals surface area contributed by atoms with Gasteiger partial charge < -0.3 is 19.5 Å². The topological polar surface area (TPSA) is 52.6 Å². The van der Waals surface area contributed by atoms with Crippen LogP contribution in [-0.4, -0.2) is 33.4 Å². The Morgan fingerprint density at radius 1 is 1.00 bits per heavy atom. The van der Waals surface area contributed by atoms with Crippen molar-refractivity contribution in [1.29, 1.82) is 0 Å². The van der Waals surface area contributed by atoms with Gasteiger partial charge in [0, 0.05) is 18.5 Å². The molecule has 0 saturated carbocycles. The second kappa shape index (κ2) is 5.22. The van der Waals surface area contributed by atoms with Gasteiger partial charge in [0.2, 0.25) is 5.75 Å². The van der Waals surface area contributed by atoms with Crippen LogP contribution in [0.3, 0.4) is 0 Å². The van der Waals surface area contributed by atoms with Gasteiger partial charge in [-0.15, -0.1) is 0 Å². The van der Waals surface area contributed by atoms with E-state index in [0.29, 0.717) is 17.2 Å². The third-order valence-electron chi connectivity index (χ3n) is 3.05. The Kier molecular flexibility index (Phi) is 3.64. The molecule has 0 unspecified atom stereocenters. The molecule has 0 radical (unpaired) electrons. The van der Waals surface area contributed by atoms with Crippen molar-refractivity contribution >= 4 is 16.7 Å².